The first-order valence-electron chi connectivity index (χ1n) is 9.96. The van der Waals surface area contributed by atoms with E-state index in [4.69, 9.17) is 0 Å². The molecule has 25 heavy (non-hydrogen) atoms. The quantitative estimate of drug-likeness (QED) is 0.730. The van der Waals surface area contributed by atoms with Crippen LogP contribution in [0.1, 0.15) is 67.2 Å². The Hall–Kier alpha value is -1.10. The van der Waals surface area contributed by atoms with E-state index in [9.17, 15) is 9.59 Å². The van der Waals surface area contributed by atoms with E-state index < -0.39 is 0 Å². The molecule has 0 aromatic heterocycles. The van der Waals surface area contributed by atoms with Crippen molar-refractivity contribution in [3.63, 3.8) is 0 Å². The van der Waals surface area contributed by atoms with Crippen LogP contribution < -0.4 is 5.32 Å². The third-order valence-corrected chi connectivity index (χ3v) is 4.84. The summed E-state index contributed by atoms with van der Waals surface area (Å²) in [4.78, 5) is 29.5. The Bertz CT molecular complexity index is 423. The van der Waals surface area contributed by atoms with E-state index in [1.807, 2.05) is 4.90 Å². The molecule has 2 unspecified atom stereocenters. The van der Waals surface area contributed by atoms with Crippen LogP contribution in [0.4, 0.5) is 0 Å². The second kappa shape index (κ2) is 10.1. The first-order chi connectivity index (χ1) is 11.7. The van der Waals surface area contributed by atoms with Crippen molar-refractivity contribution in [3.05, 3.63) is 0 Å². The van der Waals surface area contributed by atoms with Gasteiger partial charge in [0.25, 0.3) is 0 Å². The highest BCUT2D eigenvalue weighted by Crippen LogP contribution is 2.25. The van der Waals surface area contributed by atoms with E-state index in [2.05, 4.69) is 51.8 Å². The van der Waals surface area contributed by atoms with Crippen LogP contribution in [0.3, 0.4) is 0 Å². The van der Waals surface area contributed by atoms with Crippen molar-refractivity contribution in [1.82, 2.24) is 15.1 Å². The van der Waals surface area contributed by atoms with Gasteiger partial charge in [-0.1, -0.05) is 48.0 Å². The zero-order valence-electron chi connectivity index (χ0n) is 17.2. The third kappa shape index (κ3) is 8.21. The Balaban J connectivity index is 2.55. The minimum absolute atomic E-state index is 0.00995. The van der Waals surface area contributed by atoms with E-state index in [0.717, 1.165) is 45.6 Å². The molecule has 0 saturated carbocycles. The number of nitrogens with zero attached hydrogens (tertiary/aromatic N) is 2. The highest BCUT2D eigenvalue weighted by atomic mass is 16.2. The Kier molecular flexibility index (Phi) is 8.91. The molecule has 1 rings (SSSR count). The molecule has 146 valence electrons. The summed E-state index contributed by atoms with van der Waals surface area (Å²) in [7, 11) is 0. The molecule has 1 heterocycles. The van der Waals surface area contributed by atoms with Gasteiger partial charge in [-0.3, -0.25) is 9.59 Å². The van der Waals surface area contributed by atoms with Crippen LogP contribution in [0, 0.1) is 11.3 Å². The number of likely N-dealkylation sites (N-methyl/N-ethyl adjacent to an activating group) is 1. The molecule has 1 aliphatic heterocycles. The minimum Gasteiger partial charge on any atom is -0.344 e. The normalized spacial score (nSPS) is 18.7. The number of piperazine rings is 1. The fraction of sp³-hybridized carbons (Fsp3) is 0.900. The molecule has 1 N–H and O–H groups in total. The molecule has 0 bridgehead atoms. The molecule has 0 aromatic carbocycles. The van der Waals surface area contributed by atoms with Crippen molar-refractivity contribution in [2.75, 3.05) is 32.7 Å². The lowest BCUT2D eigenvalue weighted by Crippen LogP contribution is -2.55. The molecular weight excluding hydrogens is 314 g/mol. The van der Waals surface area contributed by atoms with Gasteiger partial charge in [-0.2, -0.15) is 0 Å². The van der Waals surface area contributed by atoms with Gasteiger partial charge < -0.3 is 15.1 Å². The van der Waals surface area contributed by atoms with Gasteiger partial charge >= 0.3 is 0 Å². The molecule has 0 radical (unpaired) electrons. The summed E-state index contributed by atoms with van der Waals surface area (Å²) < 4.78 is 0. The third-order valence-electron chi connectivity index (χ3n) is 4.84. The summed E-state index contributed by atoms with van der Waals surface area (Å²) in [5, 5.41) is 3.01. The molecule has 1 fully saturated rings. The molecule has 0 spiro atoms. The smallest absolute Gasteiger partial charge is 0.245 e. The van der Waals surface area contributed by atoms with E-state index in [1.54, 1.807) is 0 Å². The summed E-state index contributed by atoms with van der Waals surface area (Å²) in [5.41, 5.74) is 0.220. The SMILES string of the molecule is CCCC(NC(=O)CC(C)CC(C)(C)C)C(=O)N1CCN(CC)CC1. The van der Waals surface area contributed by atoms with Crippen molar-refractivity contribution in [3.8, 4) is 0 Å². The van der Waals surface area contributed by atoms with E-state index in [1.165, 1.54) is 0 Å². The zero-order valence-corrected chi connectivity index (χ0v) is 17.2. The predicted molar refractivity (Wildman–Crippen MR) is 103 cm³/mol. The second-order valence-corrected chi connectivity index (χ2v) is 8.74. The number of hydrogen-bond donors (Lipinski definition) is 1. The molecule has 5 nitrogen and oxygen atoms in total. The monoisotopic (exact) mass is 353 g/mol. The molecule has 2 amide bonds. The molecule has 1 saturated heterocycles. The average Bonchev–Trinajstić information content (AvgIpc) is 2.52. The number of hydrogen-bond acceptors (Lipinski definition) is 3. The highest BCUT2D eigenvalue weighted by molar-refractivity contribution is 5.87. The predicted octanol–water partition coefficient (Wildman–Crippen LogP) is 2.90. The lowest BCUT2D eigenvalue weighted by Gasteiger charge is -2.36. The van der Waals surface area contributed by atoms with Gasteiger partial charge in [0, 0.05) is 32.6 Å². The lowest BCUT2D eigenvalue weighted by molar-refractivity contribution is -0.138. The minimum atomic E-state index is -0.368. The molecule has 1 aliphatic rings. The van der Waals surface area contributed by atoms with Crippen molar-refractivity contribution in [1.29, 1.82) is 0 Å². The van der Waals surface area contributed by atoms with Gasteiger partial charge in [-0.05, 0) is 30.7 Å². The van der Waals surface area contributed by atoms with Crippen LogP contribution in [0.5, 0.6) is 0 Å². The second-order valence-electron chi connectivity index (χ2n) is 8.74. The Morgan fingerprint density at radius 3 is 2.16 bits per heavy atom. The largest absolute Gasteiger partial charge is 0.344 e. The van der Waals surface area contributed by atoms with Gasteiger partial charge in [-0.25, -0.2) is 0 Å². The van der Waals surface area contributed by atoms with E-state index >= 15 is 0 Å². The molecule has 0 aromatic rings. The summed E-state index contributed by atoms with van der Waals surface area (Å²) in [5.74, 6) is 0.427. The van der Waals surface area contributed by atoms with Crippen LogP contribution >= 0.6 is 0 Å². The van der Waals surface area contributed by atoms with Crippen LogP contribution in [-0.2, 0) is 9.59 Å². The molecule has 0 aliphatic carbocycles. The Morgan fingerprint density at radius 2 is 1.68 bits per heavy atom. The van der Waals surface area contributed by atoms with Gasteiger partial charge in [0.2, 0.25) is 11.8 Å². The van der Waals surface area contributed by atoms with Crippen LogP contribution in [0.15, 0.2) is 0 Å². The molecule has 2 atom stereocenters. The first-order valence-corrected chi connectivity index (χ1v) is 9.96. The summed E-state index contributed by atoms with van der Waals surface area (Å²) in [6.07, 6.45) is 3.11. The Labute approximate surface area is 154 Å². The topological polar surface area (TPSA) is 52.7 Å². The van der Waals surface area contributed by atoms with E-state index in [-0.39, 0.29) is 23.3 Å². The average molecular weight is 354 g/mol. The lowest BCUT2D eigenvalue weighted by atomic mass is 9.84. The van der Waals surface area contributed by atoms with E-state index in [0.29, 0.717) is 18.8 Å². The number of nitrogens with one attached hydrogen (secondary N) is 1. The summed E-state index contributed by atoms with van der Waals surface area (Å²) in [6.45, 7) is 17.3. The van der Waals surface area contributed by atoms with Crippen molar-refractivity contribution < 1.29 is 9.59 Å². The fourth-order valence-electron chi connectivity index (χ4n) is 3.74. The van der Waals surface area contributed by atoms with Gasteiger partial charge in [-0.15, -0.1) is 0 Å². The zero-order chi connectivity index (χ0) is 19.0. The maximum absolute atomic E-state index is 12.8. The van der Waals surface area contributed by atoms with Gasteiger partial charge in [0.05, 0.1) is 0 Å². The summed E-state index contributed by atoms with van der Waals surface area (Å²) >= 11 is 0. The maximum Gasteiger partial charge on any atom is 0.245 e. The van der Waals surface area contributed by atoms with Crippen LogP contribution in [-0.4, -0.2) is 60.4 Å². The number of carbonyl (C=O) groups excluding carboxylic acids is 2. The van der Waals surface area contributed by atoms with Crippen molar-refractivity contribution in [2.45, 2.75) is 73.3 Å². The highest BCUT2D eigenvalue weighted by Gasteiger charge is 2.28. The summed E-state index contributed by atoms with van der Waals surface area (Å²) in [6, 6.07) is -0.368. The fourth-order valence-corrected chi connectivity index (χ4v) is 3.74. The number of amides is 2. The van der Waals surface area contributed by atoms with Crippen molar-refractivity contribution >= 4 is 11.8 Å². The molecular formula is C20H39N3O2. The van der Waals surface area contributed by atoms with Crippen LogP contribution in [0.2, 0.25) is 0 Å². The van der Waals surface area contributed by atoms with Gasteiger partial charge in [0.15, 0.2) is 0 Å². The Morgan fingerprint density at radius 1 is 1.08 bits per heavy atom. The standard InChI is InChI=1S/C20H39N3O2/c1-7-9-17(19(25)23-12-10-22(8-2)11-13-23)21-18(24)14-16(3)15-20(4,5)6/h16-17H,7-15H2,1-6H3,(H,21,24). The number of rotatable bonds is 8. The van der Waals surface area contributed by atoms with Crippen LogP contribution in [0.25, 0.3) is 0 Å². The maximum atomic E-state index is 12.8. The first kappa shape index (κ1) is 21.9. The molecule has 5 heteroatoms. The van der Waals surface area contributed by atoms with Crippen molar-refractivity contribution in [2.24, 2.45) is 11.3 Å². The number of carbonyl (C=O) groups is 2. The van der Waals surface area contributed by atoms with Gasteiger partial charge in [0.1, 0.15) is 6.04 Å².